The molecule has 0 saturated heterocycles. The summed E-state index contributed by atoms with van der Waals surface area (Å²) in [4.78, 5) is 13.9. The van der Waals surface area contributed by atoms with Crippen LogP contribution in [0.1, 0.15) is 24.4 Å². The average Bonchev–Trinajstić information content (AvgIpc) is 3.01. The Labute approximate surface area is 138 Å². The molecule has 0 aliphatic rings. The lowest BCUT2D eigenvalue weighted by Crippen LogP contribution is -2.38. The predicted octanol–water partition coefficient (Wildman–Crippen LogP) is 2.77. The largest absolute Gasteiger partial charge is 0.328 e. The number of pyridine rings is 1. The van der Waals surface area contributed by atoms with E-state index in [0.717, 1.165) is 11.2 Å². The lowest BCUT2D eigenvalue weighted by molar-refractivity contribution is 0.203. The Bertz CT molecular complexity index is 846. The van der Waals surface area contributed by atoms with Gasteiger partial charge in [-0.25, -0.2) is 9.18 Å². The van der Waals surface area contributed by atoms with E-state index in [1.54, 1.807) is 19.2 Å². The molecule has 6 nitrogen and oxygen atoms in total. The van der Waals surface area contributed by atoms with Crippen molar-refractivity contribution in [1.82, 2.24) is 24.8 Å². The second kappa shape index (κ2) is 6.66. The quantitative estimate of drug-likeness (QED) is 0.801. The number of rotatable bonds is 4. The molecule has 2 heterocycles. The van der Waals surface area contributed by atoms with E-state index in [4.69, 9.17) is 0 Å². The topological polar surface area (TPSA) is 62.5 Å². The molecule has 7 heteroatoms. The van der Waals surface area contributed by atoms with Crippen molar-refractivity contribution >= 4 is 11.7 Å². The molecular formula is C17H18FN5O. The van der Waals surface area contributed by atoms with E-state index in [0.29, 0.717) is 12.4 Å². The number of halogens is 1. The van der Waals surface area contributed by atoms with Crippen LogP contribution in [0.4, 0.5) is 9.18 Å². The first kappa shape index (κ1) is 15.9. The fourth-order valence-electron chi connectivity index (χ4n) is 2.45. The molecule has 3 aromatic rings. The number of carbonyl (C=O) groups excluding carboxylic acids is 1. The zero-order valence-electron chi connectivity index (χ0n) is 13.5. The minimum absolute atomic E-state index is 0.237. The van der Waals surface area contributed by atoms with Gasteiger partial charge in [0.05, 0.1) is 6.04 Å². The fraction of sp³-hybridized carbons (Fsp3) is 0.235. The van der Waals surface area contributed by atoms with Crippen molar-refractivity contribution in [2.24, 2.45) is 0 Å². The summed E-state index contributed by atoms with van der Waals surface area (Å²) in [7, 11) is 1.69. The minimum atomic E-state index is -0.300. The molecular weight excluding hydrogens is 309 g/mol. The molecule has 0 fully saturated rings. The zero-order valence-corrected chi connectivity index (χ0v) is 13.5. The van der Waals surface area contributed by atoms with Crippen molar-refractivity contribution in [3.63, 3.8) is 0 Å². The van der Waals surface area contributed by atoms with Gasteiger partial charge in [0.25, 0.3) is 0 Å². The molecule has 1 unspecified atom stereocenters. The van der Waals surface area contributed by atoms with Crippen LogP contribution in [-0.4, -0.2) is 32.6 Å². The monoisotopic (exact) mass is 327 g/mol. The van der Waals surface area contributed by atoms with Crippen LogP contribution in [0.5, 0.6) is 0 Å². The number of nitrogens with zero attached hydrogens (tertiary/aromatic N) is 4. The van der Waals surface area contributed by atoms with Crippen LogP contribution in [0.15, 0.2) is 48.7 Å². The number of hydrogen-bond donors (Lipinski definition) is 1. The number of nitrogens with one attached hydrogen (secondary N) is 1. The number of benzene rings is 1. The number of aromatic nitrogens is 3. The summed E-state index contributed by atoms with van der Waals surface area (Å²) in [5.74, 6) is 0.368. The fourth-order valence-corrected chi connectivity index (χ4v) is 2.45. The van der Waals surface area contributed by atoms with Crippen LogP contribution < -0.4 is 5.32 Å². The van der Waals surface area contributed by atoms with Crippen LogP contribution in [-0.2, 0) is 6.54 Å². The van der Waals surface area contributed by atoms with E-state index in [1.165, 1.54) is 17.0 Å². The highest BCUT2D eigenvalue weighted by atomic mass is 19.1. The Morgan fingerprint density at radius 2 is 2.00 bits per heavy atom. The summed E-state index contributed by atoms with van der Waals surface area (Å²) in [6, 6.07) is 11.2. The third-order valence-electron chi connectivity index (χ3n) is 3.75. The molecule has 1 atom stereocenters. The predicted molar refractivity (Wildman–Crippen MR) is 87.8 cm³/mol. The van der Waals surface area contributed by atoms with Gasteiger partial charge in [0.2, 0.25) is 0 Å². The standard InChI is InChI=1S/C17H18FN5O/c1-12(16-21-20-15-5-3-4-10-23(15)16)19-17(24)22(2)11-13-6-8-14(18)9-7-13/h3-10,12H,11H2,1-2H3,(H,19,24). The van der Waals surface area contributed by atoms with Crippen LogP contribution in [0, 0.1) is 5.82 Å². The van der Waals surface area contributed by atoms with Gasteiger partial charge in [-0.3, -0.25) is 4.40 Å². The van der Waals surface area contributed by atoms with Gasteiger partial charge in [-0.05, 0) is 36.8 Å². The van der Waals surface area contributed by atoms with Crippen molar-refractivity contribution < 1.29 is 9.18 Å². The molecule has 3 rings (SSSR count). The SMILES string of the molecule is CC(NC(=O)N(C)Cc1ccc(F)cc1)c1nnc2ccccn12. The smallest absolute Gasteiger partial charge is 0.318 e. The van der Waals surface area contributed by atoms with Crippen molar-refractivity contribution in [1.29, 1.82) is 0 Å². The van der Waals surface area contributed by atoms with Gasteiger partial charge in [0.15, 0.2) is 11.5 Å². The molecule has 0 aliphatic heterocycles. The highest BCUT2D eigenvalue weighted by molar-refractivity contribution is 5.74. The van der Waals surface area contributed by atoms with Gasteiger partial charge in [0, 0.05) is 19.8 Å². The molecule has 0 radical (unpaired) electrons. The molecule has 0 spiro atoms. The third-order valence-corrected chi connectivity index (χ3v) is 3.75. The summed E-state index contributed by atoms with van der Waals surface area (Å²) in [6.07, 6.45) is 1.86. The first-order valence-corrected chi connectivity index (χ1v) is 7.60. The van der Waals surface area contributed by atoms with Gasteiger partial charge in [-0.1, -0.05) is 18.2 Å². The average molecular weight is 327 g/mol. The molecule has 2 amide bonds. The molecule has 0 aliphatic carbocycles. The number of amides is 2. The van der Waals surface area contributed by atoms with Gasteiger partial charge in [-0.2, -0.15) is 0 Å². The van der Waals surface area contributed by atoms with E-state index in [2.05, 4.69) is 15.5 Å². The van der Waals surface area contributed by atoms with Gasteiger partial charge < -0.3 is 10.2 Å². The molecule has 124 valence electrons. The Balaban J connectivity index is 1.66. The van der Waals surface area contributed by atoms with E-state index in [9.17, 15) is 9.18 Å². The Hall–Kier alpha value is -2.96. The second-order valence-electron chi connectivity index (χ2n) is 5.64. The third kappa shape index (κ3) is 3.34. The molecule has 24 heavy (non-hydrogen) atoms. The zero-order chi connectivity index (χ0) is 17.1. The highest BCUT2D eigenvalue weighted by Gasteiger charge is 2.18. The molecule has 1 aromatic carbocycles. The maximum absolute atomic E-state index is 12.9. The van der Waals surface area contributed by atoms with Crippen molar-refractivity contribution in [2.75, 3.05) is 7.05 Å². The van der Waals surface area contributed by atoms with E-state index >= 15 is 0 Å². The van der Waals surface area contributed by atoms with Crippen LogP contribution >= 0.6 is 0 Å². The summed E-state index contributed by atoms with van der Waals surface area (Å²) < 4.78 is 14.8. The van der Waals surface area contributed by atoms with Crippen molar-refractivity contribution in [2.45, 2.75) is 19.5 Å². The van der Waals surface area contributed by atoms with Gasteiger partial charge in [0.1, 0.15) is 5.82 Å². The highest BCUT2D eigenvalue weighted by Crippen LogP contribution is 2.12. The number of fused-ring (bicyclic) bond motifs is 1. The number of urea groups is 1. The Kier molecular flexibility index (Phi) is 4.41. The maximum atomic E-state index is 12.9. The number of hydrogen-bond acceptors (Lipinski definition) is 3. The van der Waals surface area contributed by atoms with Crippen LogP contribution in [0.2, 0.25) is 0 Å². The summed E-state index contributed by atoms with van der Waals surface area (Å²) >= 11 is 0. The van der Waals surface area contributed by atoms with E-state index < -0.39 is 0 Å². The summed E-state index contributed by atoms with van der Waals surface area (Å²) in [5, 5.41) is 11.1. The lowest BCUT2D eigenvalue weighted by Gasteiger charge is -2.20. The molecule has 2 aromatic heterocycles. The van der Waals surface area contributed by atoms with Gasteiger partial charge >= 0.3 is 6.03 Å². The molecule has 0 bridgehead atoms. The van der Waals surface area contributed by atoms with Crippen molar-refractivity contribution in [3.8, 4) is 0 Å². The normalized spacial score (nSPS) is 12.1. The molecule has 1 N–H and O–H groups in total. The van der Waals surface area contributed by atoms with Crippen LogP contribution in [0.25, 0.3) is 5.65 Å². The van der Waals surface area contributed by atoms with E-state index in [-0.39, 0.29) is 17.9 Å². The minimum Gasteiger partial charge on any atom is -0.328 e. The first-order valence-electron chi connectivity index (χ1n) is 7.60. The molecule has 0 saturated carbocycles. The maximum Gasteiger partial charge on any atom is 0.318 e. The second-order valence-corrected chi connectivity index (χ2v) is 5.64. The first-order chi connectivity index (χ1) is 11.5. The van der Waals surface area contributed by atoms with Gasteiger partial charge in [-0.15, -0.1) is 10.2 Å². The van der Waals surface area contributed by atoms with Crippen molar-refractivity contribution in [3.05, 3.63) is 65.9 Å². The number of carbonyl (C=O) groups is 1. The summed E-state index contributed by atoms with van der Waals surface area (Å²) in [5.41, 5.74) is 1.59. The van der Waals surface area contributed by atoms with Crippen LogP contribution in [0.3, 0.4) is 0 Å². The van der Waals surface area contributed by atoms with E-state index in [1.807, 2.05) is 35.7 Å². The lowest BCUT2D eigenvalue weighted by atomic mass is 10.2. The summed E-state index contributed by atoms with van der Waals surface area (Å²) in [6.45, 7) is 2.24. The Morgan fingerprint density at radius 3 is 2.75 bits per heavy atom. The Morgan fingerprint density at radius 1 is 1.25 bits per heavy atom.